The largest absolute Gasteiger partial charge is 0.496 e. The van der Waals surface area contributed by atoms with Crippen LogP contribution in [0.4, 0.5) is 0 Å². The normalized spacial score (nSPS) is 10.5. The van der Waals surface area contributed by atoms with Crippen molar-refractivity contribution in [2.24, 2.45) is 5.92 Å². The minimum absolute atomic E-state index is 0.0927. The molecule has 0 spiro atoms. The average molecular weight is 236 g/mol. The first kappa shape index (κ1) is 13.6. The molecule has 0 radical (unpaired) electrons. The fourth-order valence-corrected chi connectivity index (χ4v) is 1.75. The van der Waals surface area contributed by atoms with Crippen LogP contribution in [0.3, 0.4) is 0 Å². The molecule has 1 aromatic carbocycles. The third-order valence-electron chi connectivity index (χ3n) is 2.61. The van der Waals surface area contributed by atoms with Crippen molar-refractivity contribution in [3.05, 3.63) is 23.3 Å². The Hall–Kier alpha value is -1.51. The van der Waals surface area contributed by atoms with E-state index in [1.807, 2.05) is 26.8 Å². The van der Waals surface area contributed by atoms with Crippen molar-refractivity contribution in [3.8, 4) is 11.5 Å². The maximum Gasteiger partial charge on any atom is 0.166 e. The Balaban J connectivity index is 3.16. The molecule has 0 saturated carbocycles. The molecule has 0 saturated heterocycles. The van der Waals surface area contributed by atoms with Gasteiger partial charge in [-0.1, -0.05) is 13.8 Å². The highest BCUT2D eigenvalue weighted by atomic mass is 16.5. The highest BCUT2D eigenvalue weighted by Crippen LogP contribution is 2.29. The summed E-state index contributed by atoms with van der Waals surface area (Å²) in [6.07, 6.45) is 0.516. The molecule has 0 fully saturated rings. The fraction of sp³-hybridized carbons (Fsp3) is 0.500. The molecule has 0 aliphatic rings. The van der Waals surface area contributed by atoms with Gasteiger partial charge in [0, 0.05) is 6.42 Å². The number of aryl methyl sites for hydroxylation is 1. The Bertz CT molecular complexity index is 408. The highest BCUT2D eigenvalue weighted by Gasteiger charge is 2.16. The maximum atomic E-state index is 12.1. The van der Waals surface area contributed by atoms with Gasteiger partial charge in [0.2, 0.25) is 0 Å². The summed E-state index contributed by atoms with van der Waals surface area (Å²) in [5.74, 6) is 1.77. The molecule has 0 aliphatic heterocycles. The third-order valence-corrected chi connectivity index (χ3v) is 2.61. The van der Waals surface area contributed by atoms with Crippen LogP contribution in [-0.2, 0) is 0 Å². The average Bonchev–Trinajstić information content (AvgIpc) is 2.27. The summed E-state index contributed by atoms with van der Waals surface area (Å²) >= 11 is 0. The maximum absolute atomic E-state index is 12.1. The number of rotatable bonds is 5. The van der Waals surface area contributed by atoms with Crippen LogP contribution >= 0.6 is 0 Å². The minimum Gasteiger partial charge on any atom is -0.496 e. The minimum atomic E-state index is 0.0927. The van der Waals surface area contributed by atoms with Gasteiger partial charge in [0.25, 0.3) is 0 Å². The van der Waals surface area contributed by atoms with Crippen molar-refractivity contribution in [2.45, 2.75) is 27.2 Å². The zero-order valence-electron chi connectivity index (χ0n) is 11.2. The van der Waals surface area contributed by atoms with E-state index in [1.165, 1.54) is 0 Å². The molecule has 0 bridgehead atoms. The smallest absolute Gasteiger partial charge is 0.166 e. The van der Waals surface area contributed by atoms with Crippen LogP contribution in [-0.4, -0.2) is 20.0 Å². The van der Waals surface area contributed by atoms with Gasteiger partial charge in [-0.2, -0.15) is 0 Å². The van der Waals surface area contributed by atoms with Gasteiger partial charge in [-0.3, -0.25) is 4.79 Å². The molecule has 0 N–H and O–H groups in total. The summed E-state index contributed by atoms with van der Waals surface area (Å²) < 4.78 is 10.5. The van der Waals surface area contributed by atoms with Crippen LogP contribution in [0, 0.1) is 12.8 Å². The van der Waals surface area contributed by atoms with Crippen molar-refractivity contribution >= 4 is 5.78 Å². The molecule has 94 valence electrons. The molecule has 3 nitrogen and oxygen atoms in total. The van der Waals surface area contributed by atoms with Crippen LogP contribution in [0.1, 0.15) is 36.2 Å². The zero-order chi connectivity index (χ0) is 13.0. The van der Waals surface area contributed by atoms with E-state index >= 15 is 0 Å². The molecule has 0 heterocycles. The number of hydrogen-bond donors (Lipinski definition) is 0. The van der Waals surface area contributed by atoms with Gasteiger partial charge in [-0.05, 0) is 30.5 Å². The molecule has 1 aromatic rings. The van der Waals surface area contributed by atoms with Crippen molar-refractivity contribution in [3.63, 3.8) is 0 Å². The molecule has 0 amide bonds. The summed E-state index contributed by atoms with van der Waals surface area (Å²) in [7, 11) is 3.18. The van der Waals surface area contributed by atoms with E-state index in [4.69, 9.17) is 9.47 Å². The summed E-state index contributed by atoms with van der Waals surface area (Å²) in [5, 5.41) is 0. The van der Waals surface area contributed by atoms with Crippen LogP contribution < -0.4 is 9.47 Å². The van der Waals surface area contributed by atoms with E-state index in [1.54, 1.807) is 20.3 Å². The van der Waals surface area contributed by atoms with Crippen molar-refractivity contribution < 1.29 is 14.3 Å². The lowest BCUT2D eigenvalue weighted by atomic mass is 9.99. The van der Waals surface area contributed by atoms with Crippen molar-refractivity contribution in [1.29, 1.82) is 0 Å². The van der Waals surface area contributed by atoms with Gasteiger partial charge < -0.3 is 9.47 Å². The van der Waals surface area contributed by atoms with Crippen molar-refractivity contribution in [1.82, 2.24) is 0 Å². The first-order chi connectivity index (χ1) is 7.99. The van der Waals surface area contributed by atoms with Gasteiger partial charge >= 0.3 is 0 Å². The van der Waals surface area contributed by atoms with Gasteiger partial charge in [0.15, 0.2) is 5.78 Å². The lowest BCUT2D eigenvalue weighted by Gasteiger charge is -2.13. The summed E-state index contributed by atoms with van der Waals surface area (Å²) in [6, 6.07) is 3.60. The Labute approximate surface area is 103 Å². The monoisotopic (exact) mass is 236 g/mol. The summed E-state index contributed by atoms with van der Waals surface area (Å²) in [6.45, 7) is 5.98. The van der Waals surface area contributed by atoms with Gasteiger partial charge in [-0.25, -0.2) is 0 Å². The lowest BCUT2D eigenvalue weighted by Crippen LogP contribution is -2.06. The van der Waals surface area contributed by atoms with Crippen LogP contribution in [0.25, 0.3) is 0 Å². The number of ketones is 1. The Morgan fingerprint density at radius 1 is 1.18 bits per heavy atom. The number of hydrogen-bond acceptors (Lipinski definition) is 3. The zero-order valence-corrected chi connectivity index (χ0v) is 11.2. The topological polar surface area (TPSA) is 35.5 Å². The quantitative estimate of drug-likeness (QED) is 0.736. The molecule has 0 aromatic heterocycles. The van der Waals surface area contributed by atoms with E-state index in [2.05, 4.69) is 0 Å². The molecular weight excluding hydrogens is 216 g/mol. The van der Waals surface area contributed by atoms with E-state index in [0.29, 0.717) is 23.7 Å². The number of benzene rings is 1. The molecule has 17 heavy (non-hydrogen) atoms. The SMILES string of the molecule is COc1cc(C(=O)CC(C)C)c(OC)cc1C. The van der Waals surface area contributed by atoms with E-state index in [0.717, 1.165) is 11.3 Å². The molecule has 1 rings (SSSR count). The predicted octanol–water partition coefficient (Wildman–Crippen LogP) is 3.24. The van der Waals surface area contributed by atoms with Crippen LogP contribution in [0.15, 0.2) is 12.1 Å². The number of methoxy groups -OCH3 is 2. The van der Waals surface area contributed by atoms with E-state index in [9.17, 15) is 4.79 Å². The number of carbonyl (C=O) groups is 1. The van der Waals surface area contributed by atoms with Gasteiger partial charge in [0.1, 0.15) is 11.5 Å². The molecule has 3 heteroatoms. The predicted molar refractivity (Wildman–Crippen MR) is 68.1 cm³/mol. The van der Waals surface area contributed by atoms with E-state index in [-0.39, 0.29) is 5.78 Å². The third kappa shape index (κ3) is 3.22. The number of Topliss-reactive ketones (excluding diaryl/α,β-unsaturated/α-hetero) is 1. The van der Waals surface area contributed by atoms with Crippen LogP contribution in [0.5, 0.6) is 11.5 Å². The lowest BCUT2D eigenvalue weighted by molar-refractivity contribution is 0.0964. The second-order valence-electron chi connectivity index (χ2n) is 4.54. The Kier molecular flexibility index (Phi) is 4.55. The fourth-order valence-electron chi connectivity index (χ4n) is 1.75. The Morgan fingerprint density at radius 3 is 2.24 bits per heavy atom. The molecule has 0 atom stereocenters. The highest BCUT2D eigenvalue weighted by molar-refractivity contribution is 5.99. The van der Waals surface area contributed by atoms with Gasteiger partial charge in [-0.15, -0.1) is 0 Å². The second kappa shape index (κ2) is 5.71. The molecule has 0 unspecified atom stereocenters. The Morgan fingerprint density at radius 2 is 1.76 bits per heavy atom. The first-order valence-corrected chi connectivity index (χ1v) is 5.75. The van der Waals surface area contributed by atoms with Crippen molar-refractivity contribution in [2.75, 3.05) is 14.2 Å². The number of ether oxygens (including phenoxy) is 2. The molecular formula is C14H20O3. The standard InChI is InChI=1S/C14H20O3/c1-9(2)6-12(15)11-8-13(16-4)10(3)7-14(11)17-5/h7-9H,6H2,1-5H3. The first-order valence-electron chi connectivity index (χ1n) is 5.75. The summed E-state index contributed by atoms with van der Waals surface area (Å²) in [4.78, 5) is 12.1. The number of carbonyl (C=O) groups excluding carboxylic acids is 1. The van der Waals surface area contributed by atoms with Gasteiger partial charge in [0.05, 0.1) is 19.8 Å². The summed E-state index contributed by atoms with van der Waals surface area (Å²) in [5.41, 5.74) is 1.56. The van der Waals surface area contributed by atoms with E-state index < -0.39 is 0 Å². The second-order valence-corrected chi connectivity index (χ2v) is 4.54. The van der Waals surface area contributed by atoms with Crippen LogP contribution in [0.2, 0.25) is 0 Å². The molecule has 0 aliphatic carbocycles.